The maximum atomic E-state index is 12.7. The van der Waals surface area contributed by atoms with Gasteiger partial charge in [-0.15, -0.1) is 0 Å². The lowest BCUT2D eigenvalue weighted by Gasteiger charge is -2.06. The molecule has 0 saturated carbocycles. The summed E-state index contributed by atoms with van der Waals surface area (Å²) in [7, 11) is 1.83. The van der Waals surface area contributed by atoms with Gasteiger partial charge in [-0.05, 0) is 43.3 Å². The number of halogens is 1. The van der Waals surface area contributed by atoms with Gasteiger partial charge in [0.2, 0.25) is 0 Å². The van der Waals surface area contributed by atoms with Crippen LogP contribution >= 0.6 is 11.6 Å². The second-order valence-corrected chi connectivity index (χ2v) is 6.65. The molecule has 4 rings (SSSR count). The topological polar surface area (TPSA) is 82.9 Å². The summed E-state index contributed by atoms with van der Waals surface area (Å²) in [6, 6.07) is 12.7. The molecule has 4 aromatic rings. The summed E-state index contributed by atoms with van der Waals surface area (Å²) in [6.07, 6.45) is -0.680. The molecule has 132 valence electrons. The third-order valence-electron chi connectivity index (χ3n) is 4.42. The Kier molecular flexibility index (Phi) is 3.94. The summed E-state index contributed by atoms with van der Waals surface area (Å²) in [5, 5.41) is 14.0. The van der Waals surface area contributed by atoms with Gasteiger partial charge in [0.1, 0.15) is 17.6 Å². The highest BCUT2D eigenvalue weighted by Gasteiger charge is 2.15. The minimum atomic E-state index is -0.680. The van der Waals surface area contributed by atoms with Gasteiger partial charge in [0.15, 0.2) is 0 Å². The first-order chi connectivity index (χ1) is 12.4. The van der Waals surface area contributed by atoms with Gasteiger partial charge in [-0.25, -0.2) is 4.98 Å². The van der Waals surface area contributed by atoms with Crippen LogP contribution in [0, 0.1) is 0 Å². The highest BCUT2D eigenvalue weighted by atomic mass is 35.5. The maximum Gasteiger partial charge on any atom is 0.272 e. The number of aromatic nitrogens is 3. The molecular weight excluding hydrogens is 352 g/mol. The number of fused-ring (bicyclic) bond motifs is 2. The van der Waals surface area contributed by atoms with Gasteiger partial charge in [0.05, 0.1) is 11.0 Å². The van der Waals surface area contributed by atoms with Crippen molar-refractivity contribution in [3.8, 4) is 0 Å². The number of nitrogens with one attached hydrogen (secondary N) is 2. The highest BCUT2D eigenvalue weighted by Crippen LogP contribution is 2.27. The number of hydrogen-bond donors (Lipinski definition) is 3. The van der Waals surface area contributed by atoms with E-state index in [2.05, 4.69) is 15.3 Å². The number of aliphatic hydroxyl groups excluding tert-OH is 1. The first kappa shape index (κ1) is 16.6. The maximum absolute atomic E-state index is 12.7. The van der Waals surface area contributed by atoms with Crippen LogP contribution in [-0.4, -0.2) is 25.5 Å². The van der Waals surface area contributed by atoms with E-state index in [4.69, 9.17) is 11.6 Å². The summed E-state index contributed by atoms with van der Waals surface area (Å²) in [5.41, 5.74) is 3.53. The molecule has 3 N–H and O–H groups in total. The zero-order chi connectivity index (χ0) is 18.4. The Balaban J connectivity index is 1.67. The monoisotopic (exact) mass is 368 g/mol. The third kappa shape index (κ3) is 2.73. The van der Waals surface area contributed by atoms with Crippen LogP contribution in [0.25, 0.3) is 21.9 Å². The van der Waals surface area contributed by atoms with E-state index >= 15 is 0 Å². The lowest BCUT2D eigenvalue weighted by Crippen LogP contribution is -2.15. The predicted molar refractivity (Wildman–Crippen MR) is 103 cm³/mol. The minimum absolute atomic E-state index is 0.227. The predicted octanol–water partition coefficient (Wildman–Crippen LogP) is 4.01. The van der Waals surface area contributed by atoms with Crippen molar-refractivity contribution >= 4 is 45.1 Å². The average molecular weight is 369 g/mol. The van der Waals surface area contributed by atoms with Crippen molar-refractivity contribution in [1.82, 2.24) is 14.5 Å². The van der Waals surface area contributed by atoms with E-state index < -0.39 is 6.10 Å². The quantitative estimate of drug-likeness (QED) is 0.511. The number of amides is 1. The van der Waals surface area contributed by atoms with Gasteiger partial charge in [-0.3, -0.25) is 4.79 Å². The Labute approximate surface area is 154 Å². The Morgan fingerprint density at radius 2 is 2.12 bits per heavy atom. The number of nitrogens with zero attached hydrogens (tertiary/aromatic N) is 2. The van der Waals surface area contributed by atoms with Crippen molar-refractivity contribution in [2.24, 2.45) is 7.05 Å². The Morgan fingerprint density at radius 3 is 2.85 bits per heavy atom. The number of hydrogen-bond acceptors (Lipinski definition) is 3. The van der Waals surface area contributed by atoms with Crippen LogP contribution in [0.1, 0.15) is 29.3 Å². The van der Waals surface area contributed by atoms with E-state index in [-0.39, 0.29) is 5.91 Å². The summed E-state index contributed by atoms with van der Waals surface area (Å²) in [5.74, 6) is 0.265. The first-order valence-electron chi connectivity index (χ1n) is 8.17. The summed E-state index contributed by atoms with van der Waals surface area (Å²) >= 11 is 6.22. The normalized spacial score (nSPS) is 12.6. The molecule has 0 radical (unpaired) electrons. The van der Waals surface area contributed by atoms with Gasteiger partial charge in [0, 0.05) is 28.7 Å². The van der Waals surface area contributed by atoms with Crippen molar-refractivity contribution < 1.29 is 9.90 Å². The second-order valence-electron chi connectivity index (χ2n) is 6.25. The lowest BCUT2D eigenvalue weighted by atomic mass is 10.2. The summed E-state index contributed by atoms with van der Waals surface area (Å²) < 4.78 is 1.82. The molecule has 7 heteroatoms. The summed E-state index contributed by atoms with van der Waals surface area (Å²) in [4.78, 5) is 20.1. The number of imidazole rings is 1. The van der Waals surface area contributed by atoms with Gasteiger partial charge >= 0.3 is 0 Å². The standard InChI is InChI=1S/C19H17ClN4O2/c1-10(25)18-22-14-7-6-11(8-15(14)23-18)21-19(26)17-9-12-13(20)4-3-5-16(12)24(17)2/h3-10,25H,1-2H3,(H,21,26)(H,22,23). The lowest BCUT2D eigenvalue weighted by molar-refractivity contribution is 0.101. The molecule has 1 atom stereocenters. The average Bonchev–Trinajstić information content (AvgIpc) is 3.17. The molecule has 2 aromatic heterocycles. The fraction of sp³-hybridized carbons (Fsp3) is 0.158. The highest BCUT2D eigenvalue weighted by molar-refractivity contribution is 6.35. The second kappa shape index (κ2) is 6.16. The van der Waals surface area contributed by atoms with Crippen molar-refractivity contribution in [1.29, 1.82) is 0 Å². The van der Waals surface area contributed by atoms with E-state index in [1.165, 1.54) is 0 Å². The molecule has 26 heavy (non-hydrogen) atoms. The van der Waals surface area contributed by atoms with Crippen molar-refractivity contribution in [2.45, 2.75) is 13.0 Å². The van der Waals surface area contributed by atoms with E-state index in [0.717, 1.165) is 21.9 Å². The molecule has 0 fully saturated rings. The molecule has 1 amide bonds. The molecule has 6 nitrogen and oxygen atoms in total. The largest absolute Gasteiger partial charge is 0.385 e. The van der Waals surface area contributed by atoms with Gasteiger partial charge in [-0.1, -0.05) is 17.7 Å². The number of benzene rings is 2. The third-order valence-corrected chi connectivity index (χ3v) is 4.75. The smallest absolute Gasteiger partial charge is 0.272 e. The number of aryl methyl sites for hydroxylation is 1. The number of H-pyrrole nitrogens is 1. The molecule has 1 unspecified atom stereocenters. The van der Waals surface area contributed by atoms with E-state index in [1.807, 2.05) is 23.7 Å². The number of carbonyl (C=O) groups is 1. The minimum Gasteiger partial charge on any atom is -0.385 e. The van der Waals surface area contributed by atoms with Crippen LogP contribution in [0.3, 0.4) is 0 Å². The van der Waals surface area contributed by atoms with Crippen LogP contribution in [0.5, 0.6) is 0 Å². The van der Waals surface area contributed by atoms with E-state index in [9.17, 15) is 9.90 Å². The van der Waals surface area contributed by atoms with E-state index in [0.29, 0.717) is 22.2 Å². The zero-order valence-electron chi connectivity index (χ0n) is 14.2. The van der Waals surface area contributed by atoms with Gasteiger partial charge in [0.25, 0.3) is 5.91 Å². The van der Waals surface area contributed by atoms with Crippen LogP contribution in [0.15, 0.2) is 42.5 Å². The zero-order valence-corrected chi connectivity index (χ0v) is 15.0. The van der Waals surface area contributed by atoms with Crippen LogP contribution in [0.2, 0.25) is 5.02 Å². The van der Waals surface area contributed by atoms with Crippen molar-refractivity contribution in [2.75, 3.05) is 5.32 Å². The summed E-state index contributed by atoms with van der Waals surface area (Å²) in [6.45, 7) is 1.64. The number of carbonyl (C=O) groups excluding carboxylic acids is 1. The Bertz CT molecular complexity index is 1140. The Hall–Kier alpha value is -2.83. The fourth-order valence-corrected chi connectivity index (χ4v) is 3.27. The Morgan fingerprint density at radius 1 is 1.31 bits per heavy atom. The molecular formula is C19H17ClN4O2. The van der Waals surface area contributed by atoms with Crippen LogP contribution in [-0.2, 0) is 7.05 Å². The number of rotatable bonds is 3. The SMILES string of the molecule is CC(O)c1nc2ccc(NC(=O)c3cc4c(Cl)cccc4n3C)cc2[nH]1. The molecule has 2 aromatic carbocycles. The fourth-order valence-electron chi connectivity index (χ4n) is 3.04. The van der Waals surface area contributed by atoms with Crippen molar-refractivity contribution in [3.05, 3.63) is 59.0 Å². The number of aliphatic hydroxyl groups is 1. The molecule has 0 spiro atoms. The molecule has 0 bridgehead atoms. The number of anilines is 1. The van der Waals surface area contributed by atoms with Gasteiger partial charge < -0.3 is 20.0 Å². The molecule has 2 heterocycles. The molecule has 0 aliphatic carbocycles. The molecule has 0 saturated heterocycles. The van der Waals surface area contributed by atoms with E-state index in [1.54, 1.807) is 37.3 Å². The van der Waals surface area contributed by atoms with Crippen molar-refractivity contribution in [3.63, 3.8) is 0 Å². The van der Waals surface area contributed by atoms with Crippen LogP contribution in [0.4, 0.5) is 5.69 Å². The first-order valence-corrected chi connectivity index (χ1v) is 8.55. The molecule has 0 aliphatic heterocycles. The molecule has 0 aliphatic rings. The van der Waals surface area contributed by atoms with Gasteiger partial charge in [-0.2, -0.15) is 0 Å². The number of aromatic amines is 1. The van der Waals surface area contributed by atoms with Crippen LogP contribution < -0.4 is 5.32 Å².